The van der Waals surface area contributed by atoms with Gasteiger partial charge < -0.3 is 4.74 Å². The third-order valence-corrected chi connectivity index (χ3v) is 9.32. The van der Waals surface area contributed by atoms with E-state index in [9.17, 15) is 4.79 Å². The minimum absolute atomic E-state index is 0.211. The third kappa shape index (κ3) is 4.24. The Morgan fingerprint density at radius 3 is 2.55 bits per heavy atom. The lowest BCUT2D eigenvalue weighted by atomic mass is 9.60. The van der Waals surface area contributed by atoms with Gasteiger partial charge in [0.1, 0.15) is 5.76 Å². The number of allylic oxidation sites excluding steroid dienone is 1. The normalized spacial score (nSPS) is 28.9. The number of ether oxygens (including phenoxy) is 1. The number of esters is 1. The molecule has 3 aliphatic carbocycles. The Labute approximate surface area is 189 Å². The van der Waals surface area contributed by atoms with E-state index in [4.69, 9.17) is 4.74 Å². The first kappa shape index (κ1) is 22.6. The van der Waals surface area contributed by atoms with Crippen LogP contribution >= 0.6 is 0 Å². The Bertz CT molecular complexity index is 864. The van der Waals surface area contributed by atoms with E-state index in [1.54, 1.807) is 11.1 Å². The van der Waals surface area contributed by atoms with Crippen molar-refractivity contribution in [1.29, 1.82) is 0 Å². The monoisotopic (exact) mass is 422 g/mol. The van der Waals surface area contributed by atoms with E-state index in [1.165, 1.54) is 56.6 Å². The molecule has 2 heteroatoms. The van der Waals surface area contributed by atoms with Gasteiger partial charge in [-0.3, -0.25) is 4.79 Å². The van der Waals surface area contributed by atoms with Gasteiger partial charge in [0.05, 0.1) is 0 Å². The molecule has 1 aromatic carbocycles. The lowest BCUT2D eigenvalue weighted by Gasteiger charge is -2.45. The molecule has 0 amide bonds. The van der Waals surface area contributed by atoms with Crippen molar-refractivity contribution in [3.63, 3.8) is 0 Å². The topological polar surface area (TPSA) is 26.3 Å². The average Bonchev–Trinajstić information content (AvgIpc) is 3.08. The zero-order chi connectivity index (χ0) is 22.3. The van der Waals surface area contributed by atoms with Crippen LogP contribution in [-0.2, 0) is 22.4 Å². The summed E-state index contributed by atoms with van der Waals surface area (Å²) in [5.74, 6) is 4.64. The Balaban J connectivity index is 1.54. The second-order valence-electron chi connectivity index (χ2n) is 11.4. The summed E-state index contributed by atoms with van der Waals surface area (Å²) < 4.78 is 5.39. The predicted molar refractivity (Wildman–Crippen MR) is 129 cm³/mol. The van der Waals surface area contributed by atoms with Crippen LogP contribution < -0.4 is 0 Å². The number of benzene rings is 1. The van der Waals surface area contributed by atoms with E-state index in [0.29, 0.717) is 5.41 Å². The fourth-order valence-corrected chi connectivity index (χ4v) is 7.06. The Morgan fingerprint density at radius 1 is 1.06 bits per heavy atom. The van der Waals surface area contributed by atoms with Gasteiger partial charge in [0.15, 0.2) is 0 Å². The maximum atomic E-state index is 11.4. The van der Waals surface area contributed by atoms with Crippen LogP contribution in [0.4, 0.5) is 0 Å². The molecule has 0 radical (unpaired) electrons. The summed E-state index contributed by atoms with van der Waals surface area (Å²) in [5.41, 5.74) is 6.52. The van der Waals surface area contributed by atoms with Gasteiger partial charge in [-0.15, -0.1) is 0 Å². The first-order valence-electron chi connectivity index (χ1n) is 12.7. The number of carbonyl (C=O) groups excluding carboxylic acids is 1. The maximum absolute atomic E-state index is 11.4. The SMILES string of the molecule is CC(=O)OC1=Cc2ccc3c(c2CC1)CC[C@]1(C)[C@H]3CC[C@H]1[C@H](C)CC[C@H](C)C(C)C. The zero-order valence-corrected chi connectivity index (χ0v) is 20.6. The number of carbonyl (C=O) groups is 1. The van der Waals surface area contributed by atoms with E-state index in [1.807, 2.05) is 0 Å². The molecule has 2 nitrogen and oxygen atoms in total. The van der Waals surface area contributed by atoms with E-state index in [0.717, 1.165) is 48.2 Å². The highest BCUT2D eigenvalue weighted by molar-refractivity contribution is 5.70. The van der Waals surface area contributed by atoms with Crippen LogP contribution in [0.3, 0.4) is 0 Å². The van der Waals surface area contributed by atoms with Crippen LogP contribution in [0.15, 0.2) is 17.9 Å². The molecule has 4 rings (SSSR count). The minimum atomic E-state index is -0.211. The second-order valence-corrected chi connectivity index (χ2v) is 11.4. The van der Waals surface area contributed by atoms with Gasteiger partial charge in [0, 0.05) is 13.3 Å². The van der Waals surface area contributed by atoms with Gasteiger partial charge in [-0.1, -0.05) is 59.6 Å². The largest absolute Gasteiger partial charge is 0.431 e. The smallest absolute Gasteiger partial charge is 0.307 e. The summed E-state index contributed by atoms with van der Waals surface area (Å²) in [5, 5.41) is 0. The van der Waals surface area contributed by atoms with Gasteiger partial charge in [0.25, 0.3) is 0 Å². The minimum Gasteiger partial charge on any atom is -0.431 e. The van der Waals surface area contributed by atoms with E-state index >= 15 is 0 Å². The molecule has 0 spiro atoms. The molecule has 0 bridgehead atoms. The number of fused-ring (bicyclic) bond motifs is 5. The molecule has 0 heterocycles. The summed E-state index contributed by atoms with van der Waals surface area (Å²) >= 11 is 0. The summed E-state index contributed by atoms with van der Waals surface area (Å²) in [6, 6.07) is 4.71. The van der Waals surface area contributed by atoms with Crippen molar-refractivity contribution in [2.75, 3.05) is 0 Å². The number of hydrogen-bond acceptors (Lipinski definition) is 2. The van der Waals surface area contributed by atoms with E-state index < -0.39 is 0 Å². The Hall–Kier alpha value is -1.57. The van der Waals surface area contributed by atoms with Crippen molar-refractivity contribution in [3.8, 4) is 0 Å². The molecule has 1 aromatic rings. The molecule has 170 valence electrons. The first-order valence-corrected chi connectivity index (χ1v) is 12.7. The standard InChI is InChI=1S/C29H42O2/c1-18(2)19(3)7-8-20(4)27-13-14-28-26-11-9-22-17-23(31-21(5)30)10-12-24(22)25(26)15-16-29(27,28)6/h9,11,17-20,27-28H,7-8,10,12-16H2,1-6H3/t19-,20+,27-,28-,29-/m0/s1. The molecule has 0 aliphatic heterocycles. The first-order chi connectivity index (χ1) is 14.7. The Kier molecular flexibility index (Phi) is 6.39. The van der Waals surface area contributed by atoms with Crippen molar-refractivity contribution < 1.29 is 9.53 Å². The van der Waals surface area contributed by atoms with Crippen LogP contribution in [0.2, 0.25) is 0 Å². The predicted octanol–water partition coefficient (Wildman–Crippen LogP) is 7.69. The van der Waals surface area contributed by atoms with Gasteiger partial charge in [-0.25, -0.2) is 0 Å². The fourth-order valence-electron chi connectivity index (χ4n) is 7.06. The van der Waals surface area contributed by atoms with E-state index in [2.05, 4.69) is 52.8 Å². The average molecular weight is 423 g/mol. The Morgan fingerprint density at radius 2 is 1.84 bits per heavy atom. The highest BCUT2D eigenvalue weighted by Gasteiger charge is 2.51. The van der Waals surface area contributed by atoms with Crippen molar-refractivity contribution in [2.45, 2.75) is 98.8 Å². The molecule has 0 aromatic heterocycles. The summed E-state index contributed by atoms with van der Waals surface area (Å²) in [4.78, 5) is 11.4. The number of rotatable bonds is 6. The van der Waals surface area contributed by atoms with Crippen LogP contribution in [0.5, 0.6) is 0 Å². The lowest BCUT2D eigenvalue weighted by Crippen LogP contribution is -2.35. The van der Waals surface area contributed by atoms with E-state index in [-0.39, 0.29) is 5.97 Å². The molecule has 3 aliphatic rings. The molecule has 0 saturated heterocycles. The molecule has 0 N–H and O–H groups in total. The highest BCUT2D eigenvalue weighted by Crippen LogP contribution is 2.61. The summed E-state index contributed by atoms with van der Waals surface area (Å²) in [7, 11) is 0. The van der Waals surface area contributed by atoms with Gasteiger partial charge in [-0.2, -0.15) is 0 Å². The molecular formula is C29H42O2. The van der Waals surface area contributed by atoms with Crippen molar-refractivity contribution in [3.05, 3.63) is 40.1 Å². The lowest BCUT2D eigenvalue weighted by molar-refractivity contribution is -0.137. The second kappa shape index (κ2) is 8.75. The summed E-state index contributed by atoms with van der Waals surface area (Å²) in [6.07, 6.45) is 12.0. The van der Waals surface area contributed by atoms with Crippen LogP contribution in [0.25, 0.3) is 6.08 Å². The molecule has 1 fully saturated rings. The van der Waals surface area contributed by atoms with Crippen LogP contribution in [0.1, 0.15) is 108 Å². The van der Waals surface area contributed by atoms with Gasteiger partial charge in [-0.05, 0) is 95.4 Å². The molecular weight excluding hydrogens is 380 g/mol. The van der Waals surface area contributed by atoms with Crippen molar-refractivity contribution in [1.82, 2.24) is 0 Å². The van der Waals surface area contributed by atoms with Gasteiger partial charge in [0.2, 0.25) is 0 Å². The molecule has 5 atom stereocenters. The third-order valence-electron chi connectivity index (χ3n) is 9.32. The zero-order valence-electron chi connectivity index (χ0n) is 20.6. The maximum Gasteiger partial charge on any atom is 0.307 e. The summed E-state index contributed by atoms with van der Waals surface area (Å²) in [6.45, 7) is 13.8. The highest BCUT2D eigenvalue weighted by atomic mass is 16.5. The quantitative estimate of drug-likeness (QED) is 0.439. The molecule has 0 unspecified atom stereocenters. The van der Waals surface area contributed by atoms with Gasteiger partial charge >= 0.3 is 5.97 Å². The van der Waals surface area contributed by atoms with Crippen molar-refractivity contribution in [2.24, 2.45) is 29.1 Å². The fraction of sp³-hybridized carbons (Fsp3) is 0.690. The van der Waals surface area contributed by atoms with Crippen molar-refractivity contribution >= 4 is 12.0 Å². The van der Waals surface area contributed by atoms with Crippen LogP contribution in [-0.4, -0.2) is 5.97 Å². The van der Waals surface area contributed by atoms with Crippen LogP contribution in [0, 0.1) is 29.1 Å². The molecule has 31 heavy (non-hydrogen) atoms. The molecule has 1 saturated carbocycles. The number of hydrogen-bond donors (Lipinski definition) is 0.